The van der Waals surface area contributed by atoms with E-state index in [-0.39, 0.29) is 5.91 Å². The van der Waals surface area contributed by atoms with Gasteiger partial charge in [0, 0.05) is 30.9 Å². The molecule has 2 heterocycles. The first-order chi connectivity index (χ1) is 10.9. The molecule has 1 saturated heterocycles. The van der Waals surface area contributed by atoms with Crippen LogP contribution in [0.25, 0.3) is 0 Å². The molecule has 0 bridgehead atoms. The van der Waals surface area contributed by atoms with Crippen molar-refractivity contribution in [3.8, 4) is 0 Å². The summed E-state index contributed by atoms with van der Waals surface area (Å²) in [4.78, 5) is 17.5. The Hall–Kier alpha value is -1.31. The van der Waals surface area contributed by atoms with E-state index in [1.54, 1.807) is 0 Å². The van der Waals surface area contributed by atoms with Crippen molar-refractivity contribution < 1.29 is 18.0 Å². The lowest BCUT2D eigenvalue weighted by Gasteiger charge is -2.32. The summed E-state index contributed by atoms with van der Waals surface area (Å²) in [5.74, 6) is 0.426. The Kier molecular flexibility index (Phi) is 4.79. The maximum Gasteiger partial charge on any atom is 0.434 e. The predicted molar refractivity (Wildman–Crippen MR) is 82.5 cm³/mol. The van der Waals surface area contributed by atoms with Gasteiger partial charge in [-0.05, 0) is 38.0 Å². The van der Waals surface area contributed by atoms with E-state index in [0.717, 1.165) is 42.4 Å². The Morgan fingerprint density at radius 1 is 1.30 bits per heavy atom. The number of thiazole rings is 1. The van der Waals surface area contributed by atoms with E-state index in [0.29, 0.717) is 36.6 Å². The van der Waals surface area contributed by atoms with E-state index >= 15 is 0 Å². The van der Waals surface area contributed by atoms with Crippen LogP contribution in [-0.4, -0.2) is 30.0 Å². The van der Waals surface area contributed by atoms with Crippen molar-refractivity contribution in [1.29, 1.82) is 0 Å². The SMILES string of the molecule is O=C(CC1CCN(c2nc(C(F)(F)F)cs2)CC1)NC1CCC1. The molecule has 2 fully saturated rings. The molecule has 128 valence electrons. The molecule has 0 spiro atoms. The molecule has 8 heteroatoms. The fourth-order valence-electron chi connectivity index (χ4n) is 2.97. The second kappa shape index (κ2) is 6.67. The van der Waals surface area contributed by atoms with Crippen molar-refractivity contribution in [2.75, 3.05) is 18.0 Å². The van der Waals surface area contributed by atoms with Crippen LogP contribution >= 0.6 is 11.3 Å². The molecule has 4 nitrogen and oxygen atoms in total. The number of piperidine rings is 1. The zero-order valence-corrected chi connectivity index (χ0v) is 13.6. The number of hydrogen-bond donors (Lipinski definition) is 1. The summed E-state index contributed by atoms with van der Waals surface area (Å²) in [7, 11) is 0. The molecular formula is C15H20F3N3OS. The minimum atomic E-state index is -4.38. The van der Waals surface area contributed by atoms with Crippen molar-refractivity contribution in [2.24, 2.45) is 5.92 Å². The van der Waals surface area contributed by atoms with E-state index in [9.17, 15) is 18.0 Å². The van der Waals surface area contributed by atoms with Crippen LogP contribution in [0.4, 0.5) is 18.3 Å². The Morgan fingerprint density at radius 2 is 2.00 bits per heavy atom. The summed E-state index contributed by atoms with van der Waals surface area (Å²) in [6.45, 7) is 1.32. The van der Waals surface area contributed by atoms with Crippen molar-refractivity contribution in [1.82, 2.24) is 10.3 Å². The average Bonchev–Trinajstić information content (AvgIpc) is 2.94. The number of nitrogens with one attached hydrogen (secondary N) is 1. The number of carbonyl (C=O) groups excluding carboxylic acids is 1. The summed E-state index contributed by atoms with van der Waals surface area (Å²) in [6, 6.07) is 0.360. The van der Waals surface area contributed by atoms with Crippen LogP contribution in [0.15, 0.2) is 5.38 Å². The normalized spacial score (nSPS) is 20.4. The Bertz CT molecular complexity index is 548. The van der Waals surface area contributed by atoms with E-state index < -0.39 is 11.9 Å². The largest absolute Gasteiger partial charge is 0.434 e. The number of rotatable bonds is 4. The number of alkyl halides is 3. The number of aromatic nitrogens is 1. The molecule has 1 amide bonds. The van der Waals surface area contributed by atoms with Crippen LogP contribution in [0.5, 0.6) is 0 Å². The minimum absolute atomic E-state index is 0.113. The van der Waals surface area contributed by atoms with E-state index in [1.807, 2.05) is 4.90 Å². The van der Waals surface area contributed by atoms with Crippen molar-refractivity contribution in [3.63, 3.8) is 0 Å². The van der Waals surface area contributed by atoms with Crippen LogP contribution in [-0.2, 0) is 11.0 Å². The maximum absolute atomic E-state index is 12.6. The molecule has 0 aromatic carbocycles. The highest BCUT2D eigenvalue weighted by atomic mass is 32.1. The van der Waals surface area contributed by atoms with Gasteiger partial charge in [-0.1, -0.05) is 0 Å². The molecule has 1 N–H and O–H groups in total. The van der Waals surface area contributed by atoms with Crippen LogP contribution < -0.4 is 10.2 Å². The van der Waals surface area contributed by atoms with Crippen LogP contribution in [0.3, 0.4) is 0 Å². The molecule has 0 unspecified atom stereocenters. The standard InChI is InChI=1S/C15H20F3N3OS/c16-15(17,18)12-9-23-14(20-12)21-6-4-10(5-7-21)8-13(22)19-11-2-1-3-11/h9-11H,1-8H2,(H,19,22). The molecule has 23 heavy (non-hydrogen) atoms. The van der Waals surface area contributed by atoms with E-state index in [1.165, 1.54) is 6.42 Å². The third-order valence-corrected chi connectivity index (χ3v) is 5.51. The van der Waals surface area contributed by atoms with E-state index in [4.69, 9.17) is 0 Å². The second-order valence-electron chi connectivity index (χ2n) is 6.34. The molecule has 0 atom stereocenters. The van der Waals surface area contributed by atoms with Gasteiger partial charge < -0.3 is 10.2 Å². The number of nitrogens with zero attached hydrogens (tertiary/aromatic N) is 2. The van der Waals surface area contributed by atoms with Crippen molar-refractivity contribution in [3.05, 3.63) is 11.1 Å². The lowest BCUT2D eigenvalue weighted by Crippen LogP contribution is -2.41. The van der Waals surface area contributed by atoms with Gasteiger partial charge in [-0.3, -0.25) is 4.79 Å². The van der Waals surface area contributed by atoms with Gasteiger partial charge in [0.2, 0.25) is 5.91 Å². The van der Waals surface area contributed by atoms with Crippen LogP contribution in [0, 0.1) is 5.92 Å². The Labute approximate surface area is 137 Å². The summed E-state index contributed by atoms with van der Waals surface area (Å²) >= 11 is 1.03. The Balaban J connectivity index is 1.46. The molecule has 1 aromatic heterocycles. The molecule has 2 aliphatic rings. The summed E-state index contributed by atoms with van der Waals surface area (Å²) in [5, 5.41) is 4.53. The highest BCUT2D eigenvalue weighted by Gasteiger charge is 2.34. The zero-order chi connectivity index (χ0) is 16.4. The summed E-state index contributed by atoms with van der Waals surface area (Å²) in [6.07, 6.45) is 1.13. The van der Waals surface area contributed by atoms with Gasteiger partial charge in [0.25, 0.3) is 0 Å². The fourth-order valence-corrected chi connectivity index (χ4v) is 3.86. The molecule has 1 aliphatic carbocycles. The third-order valence-electron chi connectivity index (χ3n) is 4.61. The monoisotopic (exact) mass is 347 g/mol. The molecule has 0 radical (unpaired) electrons. The lowest BCUT2D eigenvalue weighted by molar-refractivity contribution is -0.140. The number of anilines is 1. The van der Waals surface area contributed by atoms with Gasteiger partial charge in [-0.15, -0.1) is 11.3 Å². The number of halogens is 3. The fraction of sp³-hybridized carbons (Fsp3) is 0.733. The molecule has 1 aromatic rings. The number of amides is 1. The Morgan fingerprint density at radius 3 is 2.52 bits per heavy atom. The van der Waals surface area contributed by atoms with Gasteiger partial charge in [0.05, 0.1) is 0 Å². The first-order valence-corrected chi connectivity index (χ1v) is 8.87. The molecular weight excluding hydrogens is 327 g/mol. The van der Waals surface area contributed by atoms with E-state index in [2.05, 4.69) is 10.3 Å². The van der Waals surface area contributed by atoms with Gasteiger partial charge in [0.15, 0.2) is 10.8 Å². The predicted octanol–water partition coefficient (Wildman–Crippen LogP) is 3.44. The summed E-state index contributed by atoms with van der Waals surface area (Å²) < 4.78 is 37.8. The van der Waals surface area contributed by atoms with Gasteiger partial charge >= 0.3 is 6.18 Å². The number of hydrogen-bond acceptors (Lipinski definition) is 4. The maximum atomic E-state index is 12.6. The first-order valence-electron chi connectivity index (χ1n) is 7.99. The molecule has 1 saturated carbocycles. The molecule has 1 aliphatic heterocycles. The quantitative estimate of drug-likeness (QED) is 0.907. The topological polar surface area (TPSA) is 45.2 Å². The highest BCUT2D eigenvalue weighted by Crippen LogP contribution is 2.34. The highest BCUT2D eigenvalue weighted by molar-refractivity contribution is 7.13. The number of carbonyl (C=O) groups is 1. The van der Waals surface area contributed by atoms with Crippen molar-refractivity contribution in [2.45, 2.75) is 50.7 Å². The molecule has 3 rings (SSSR count). The van der Waals surface area contributed by atoms with Gasteiger partial charge in [0.1, 0.15) is 0 Å². The van der Waals surface area contributed by atoms with Crippen LogP contribution in [0.2, 0.25) is 0 Å². The van der Waals surface area contributed by atoms with Crippen LogP contribution in [0.1, 0.15) is 44.2 Å². The van der Waals surface area contributed by atoms with Gasteiger partial charge in [-0.2, -0.15) is 13.2 Å². The lowest BCUT2D eigenvalue weighted by atomic mass is 9.91. The second-order valence-corrected chi connectivity index (χ2v) is 7.18. The zero-order valence-electron chi connectivity index (χ0n) is 12.7. The third kappa shape index (κ3) is 4.16. The van der Waals surface area contributed by atoms with Crippen molar-refractivity contribution >= 4 is 22.4 Å². The summed E-state index contributed by atoms with van der Waals surface area (Å²) in [5.41, 5.74) is -0.820. The van der Waals surface area contributed by atoms with Gasteiger partial charge in [-0.25, -0.2) is 4.98 Å². The first kappa shape index (κ1) is 16.5. The smallest absolute Gasteiger partial charge is 0.353 e. The average molecular weight is 347 g/mol. The minimum Gasteiger partial charge on any atom is -0.353 e.